The monoisotopic (exact) mass is 383 g/mol. The largest absolute Gasteiger partial charge is 0.327 e. The maximum Gasteiger partial charge on any atom is 0.191 e. The molecular formula is C20H15Cl2N3O. The molecule has 0 saturated carbocycles. The van der Waals surface area contributed by atoms with Crippen LogP contribution in [0, 0.1) is 6.92 Å². The van der Waals surface area contributed by atoms with E-state index in [-0.39, 0.29) is 5.78 Å². The molecule has 130 valence electrons. The van der Waals surface area contributed by atoms with Crippen LogP contribution in [0.3, 0.4) is 0 Å². The predicted octanol–water partition coefficient (Wildman–Crippen LogP) is 5.34. The first-order valence-corrected chi connectivity index (χ1v) is 8.83. The summed E-state index contributed by atoms with van der Waals surface area (Å²) >= 11 is 12.1. The molecule has 0 unspecified atom stereocenters. The van der Waals surface area contributed by atoms with Crippen LogP contribution in [0.15, 0.2) is 48.5 Å². The van der Waals surface area contributed by atoms with Gasteiger partial charge in [-0.3, -0.25) is 4.79 Å². The predicted molar refractivity (Wildman–Crippen MR) is 106 cm³/mol. The molecule has 2 heterocycles. The van der Waals surface area contributed by atoms with Crippen molar-refractivity contribution in [3.8, 4) is 0 Å². The Labute approximate surface area is 160 Å². The fraction of sp³-hybridized carbons (Fsp3) is 0.100. The summed E-state index contributed by atoms with van der Waals surface area (Å²) in [5.74, 6) is -0.116. The van der Waals surface area contributed by atoms with Gasteiger partial charge >= 0.3 is 0 Å². The van der Waals surface area contributed by atoms with Crippen LogP contribution in [0.25, 0.3) is 22.8 Å². The van der Waals surface area contributed by atoms with Gasteiger partial charge in [0.15, 0.2) is 5.78 Å². The zero-order chi connectivity index (χ0) is 18.4. The molecule has 4 aromatic rings. The molecule has 4 nitrogen and oxygen atoms in total. The Balaban J connectivity index is 1.82. The lowest BCUT2D eigenvalue weighted by Crippen LogP contribution is -2.00. The first kappa shape index (κ1) is 16.9. The van der Waals surface area contributed by atoms with E-state index in [0.717, 1.165) is 22.2 Å². The number of aryl methyl sites for hydroxylation is 2. The second-order valence-electron chi connectivity index (χ2n) is 6.11. The quantitative estimate of drug-likeness (QED) is 0.353. The number of hydrogen-bond donors (Lipinski definition) is 0. The van der Waals surface area contributed by atoms with Gasteiger partial charge in [0.05, 0.1) is 22.3 Å². The number of benzene rings is 2. The van der Waals surface area contributed by atoms with Gasteiger partial charge in [0.2, 0.25) is 0 Å². The molecule has 0 amide bonds. The lowest BCUT2D eigenvalue weighted by molar-refractivity contribution is 0.104. The highest BCUT2D eigenvalue weighted by Gasteiger charge is 2.20. The minimum atomic E-state index is -0.116. The number of nitrogens with zero attached hydrogens (tertiary/aromatic N) is 3. The van der Waals surface area contributed by atoms with E-state index >= 15 is 0 Å². The first-order valence-electron chi connectivity index (χ1n) is 8.07. The van der Waals surface area contributed by atoms with E-state index in [1.165, 1.54) is 6.08 Å². The van der Waals surface area contributed by atoms with E-state index in [0.29, 0.717) is 21.3 Å². The molecule has 0 bridgehead atoms. The number of carbonyl (C=O) groups excluding carboxylic acids is 1. The van der Waals surface area contributed by atoms with Gasteiger partial charge in [0.1, 0.15) is 5.65 Å². The SMILES string of the molecule is Cc1nn2c3ccccc3n(C)c2c1C(=O)C=Cc1ccc(Cl)cc1Cl. The molecule has 4 rings (SSSR count). The highest BCUT2D eigenvalue weighted by atomic mass is 35.5. The molecule has 0 radical (unpaired) electrons. The number of fused-ring (bicyclic) bond motifs is 3. The van der Waals surface area contributed by atoms with Gasteiger partial charge in [-0.05, 0) is 48.9 Å². The molecule has 2 aromatic heterocycles. The highest BCUT2D eigenvalue weighted by Crippen LogP contribution is 2.26. The number of rotatable bonds is 3. The van der Waals surface area contributed by atoms with Crippen LogP contribution in [0.5, 0.6) is 0 Å². The summed E-state index contributed by atoms with van der Waals surface area (Å²) < 4.78 is 3.81. The lowest BCUT2D eigenvalue weighted by atomic mass is 10.1. The highest BCUT2D eigenvalue weighted by molar-refractivity contribution is 6.35. The Morgan fingerprint density at radius 3 is 2.58 bits per heavy atom. The summed E-state index contributed by atoms with van der Waals surface area (Å²) in [6.07, 6.45) is 3.23. The number of aromatic nitrogens is 3. The van der Waals surface area contributed by atoms with Crippen molar-refractivity contribution in [2.45, 2.75) is 6.92 Å². The van der Waals surface area contributed by atoms with Crippen LogP contribution in [0.2, 0.25) is 10.0 Å². The number of allylic oxidation sites excluding steroid dienone is 1. The second kappa shape index (κ2) is 6.31. The Morgan fingerprint density at radius 1 is 1.12 bits per heavy atom. The third-order valence-corrected chi connectivity index (χ3v) is 5.01. The molecule has 0 saturated heterocycles. The van der Waals surface area contributed by atoms with Crippen LogP contribution in [-0.4, -0.2) is 20.0 Å². The summed E-state index contributed by atoms with van der Waals surface area (Å²) in [6, 6.07) is 13.1. The third-order valence-electron chi connectivity index (χ3n) is 4.45. The minimum absolute atomic E-state index is 0.116. The number of carbonyl (C=O) groups is 1. The topological polar surface area (TPSA) is 39.3 Å². The van der Waals surface area contributed by atoms with Gasteiger partial charge in [0, 0.05) is 17.1 Å². The Morgan fingerprint density at radius 2 is 1.85 bits per heavy atom. The van der Waals surface area contributed by atoms with Gasteiger partial charge in [-0.15, -0.1) is 0 Å². The average molecular weight is 384 g/mol. The molecule has 0 N–H and O–H groups in total. The Bertz CT molecular complexity index is 1200. The van der Waals surface area contributed by atoms with Crippen molar-refractivity contribution >= 4 is 51.7 Å². The molecule has 0 fully saturated rings. The van der Waals surface area contributed by atoms with E-state index < -0.39 is 0 Å². The van der Waals surface area contributed by atoms with Crippen molar-refractivity contribution in [2.24, 2.45) is 7.05 Å². The summed E-state index contributed by atoms with van der Waals surface area (Å²) in [6.45, 7) is 1.85. The Hall–Kier alpha value is -2.56. The Kier molecular flexibility index (Phi) is 4.10. The number of imidazole rings is 1. The minimum Gasteiger partial charge on any atom is -0.327 e. The molecule has 0 atom stereocenters. The number of halogens is 2. The summed E-state index contributed by atoms with van der Waals surface area (Å²) in [4.78, 5) is 12.9. The zero-order valence-electron chi connectivity index (χ0n) is 14.2. The molecule has 0 spiro atoms. The molecular weight excluding hydrogens is 369 g/mol. The smallest absolute Gasteiger partial charge is 0.191 e. The third kappa shape index (κ3) is 2.62. The maximum atomic E-state index is 12.9. The van der Waals surface area contributed by atoms with E-state index in [4.69, 9.17) is 23.2 Å². The van der Waals surface area contributed by atoms with Crippen LogP contribution < -0.4 is 0 Å². The normalized spacial score (nSPS) is 11.8. The van der Waals surface area contributed by atoms with Crippen molar-refractivity contribution in [2.75, 3.05) is 0 Å². The number of para-hydroxylation sites is 2. The summed E-state index contributed by atoms with van der Waals surface area (Å²) in [7, 11) is 1.94. The lowest BCUT2D eigenvalue weighted by Gasteiger charge is -2.00. The number of hydrogen-bond acceptors (Lipinski definition) is 2. The van der Waals surface area contributed by atoms with Crippen molar-refractivity contribution in [3.05, 3.63) is 75.4 Å². The van der Waals surface area contributed by atoms with Crippen LogP contribution in [0.4, 0.5) is 0 Å². The van der Waals surface area contributed by atoms with E-state index in [2.05, 4.69) is 5.10 Å². The summed E-state index contributed by atoms with van der Waals surface area (Å²) in [5.41, 5.74) is 4.79. The molecule has 0 aliphatic rings. The second-order valence-corrected chi connectivity index (χ2v) is 6.95. The fourth-order valence-corrected chi connectivity index (χ4v) is 3.68. The van der Waals surface area contributed by atoms with Gasteiger partial charge in [-0.1, -0.05) is 41.4 Å². The van der Waals surface area contributed by atoms with Gasteiger partial charge in [0.25, 0.3) is 0 Å². The van der Waals surface area contributed by atoms with Crippen molar-refractivity contribution in [1.29, 1.82) is 0 Å². The van der Waals surface area contributed by atoms with Crippen molar-refractivity contribution < 1.29 is 4.79 Å². The first-order chi connectivity index (χ1) is 12.5. The molecule has 0 aliphatic heterocycles. The maximum absolute atomic E-state index is 12.9. The molecule has 26 heavy (non-hydrogen) atoms. The molecule has 6 heteroatoms. The fourth-order valence-electron chi connectivity index (χ4n) is 3.21. The van der Waals surface area contributed by atoms with Gasteiger partial charge in [-0.25, -0.2) is 4.52 Å². The standard InChI is InChI=1S/C20H15Cl2N3O/c1-12-19(18(26)10-8-13-7-9-14(21)11-15(13)22)20-24(2)16-5-3-4-6-17(16)25(20)23-12/h3-11H,1-2H3. The number of ketones is 1. The van der Waals surface area contributed by atoms with E-state index in [1.54, 1.807) is 24.3 Å². The van der Waals surface area contributed by atoms with E-state index in [9.17, 15) is 4.79 Å². The zero-order valence-corrected chi connectivity index (χ0v) is 15.7. The van der Waals surface area contributed by atoms with Crippen molar-refractivity contribution in [1.82, 2.24) is 14.2 Å². The van der Waals surface area contributed by atoms with Gasteiger partial charge < -0.3 is 4.57 Å². The van der Waals surface area contributed by atoms with Crippen LogP contribution in [-0.2, 0) is 7.05 Å². The summed E-state index contributed by atoms with van der Waals surface area (Å²) in [5, 5.41) is 5.63. The van der Waals surface area contributed by atoms with Crippen LogP contribution >= 0.6 is 23.2 Å². The molecule has 0 aliphatic carbocycles. The molecule has 2 aromatic carbocycles. The average Bonchev–Trinajstić information content (AvgIpc) is 3.09. The van der Waals surface area contributed by atoms with Gasteiger partial charge in [-0.2, -0.15) is 5.10 Å². The van der Waals surface area contributed by atoms with Crippen molar-refractivity contribution in [3.63, 3.8) is 0 Å². The van der Waals surface area contributed by atoms with Crippen LogP contribution in [0.1, 0.15) is 21.6 Å². The van der Waals surface area contributed by atoms with E-state index in [1.807, 2.05) is 47.3 Å².